The highest BCUT2D eigenvalue weighted by molar-refractivity contribution is 5.77. The van der Waals surface area contributed by atoms with E-state index in [1.807, 2.05) is 11.8 Å². The van der Waals surface area contributed by atoms with E-state index in [1.54, 1.807) is 25.2 Å². The molecule has 0 atom stereocenters. The van der Waals surface area contributed by atoms with Crippen LogP contribution < -0.4 is 11.1 Å². The molecule has 4 N–H and O–H groups in total. The summed E-state index contributed by atoms with van der Waals surface area (Å²) in [5.41, 5.74) is 6.95. The molecule has 0 radical (unpaired) electrons. The minimum absolute atomic E-state index is 0.0152. The summed E-state index contributed by atoms with van der Waals surface area (Å²) in [5, 5.41) is 11.9. The molecule has 0 bridgehead atoms. The lowest BCUT2D eigenvalue weighted by molar-refractivity contribution is -0.121. The Bertz CT molecular complexity index is 393. The normalized spacial score (nSPS) is 10.5. The highest BCUT2D eigenvalue weighted by Gasteiger charge is 2.09. The molecule has 0 aliphatic heterocycles. The van der Waals surface area contributed by atoms with Gasteiger partial charge in [-0.2, -0.15) is 0 Å². The van der Waals surface area contributed by atoms with Crippen molar-refractivity contribution in [2.45, 2.75) is 13.5 Å². The summed E-state index contributed by atoms with van der Waals surface area (Å²) in [7, 11) is 1.62. The minimum Gasteiger partial charge on any atom is -0.506 e. The number of carbonyl (C=O) groups is 1. The second-order valence-electron chi connectivity index (χ2n) is 3.87. The molecule has 0 aromatic heterocycles. The quantitative estimate of drug-likeness (QED) is 0.516. The molecule has 0 heterocycles. The Labute approximate surface area is 101 Å². The number of aromatic hydroxyl groups is 1. The van der Waals surface area contributed by atoms with E-state index in [0.717, 1.165) is 12.1 Å². The van der Waals surface area contributed by atoms with Crippen molar-refractivity contribution in [1.29, 1.82) is 0 Å². The first-order chi connectivity index (χ1) is 8.06. The van der Waals surface area contributed by atoms with E-state index in [2.05, 4.69) is 5.32 Å². The Kier molecular flexibility index (Phi) is 4.78. The fourth-order valence-corrected chi connectivity index (χ4v) is 1.52. The number of benzene rings is 1. The maximum atomic E-state index is 11.3. The largest absolute Gasteiger partial charge is 0.506 e. The number of nitrogen functional groups attached to an aromatic ring is 1. The van der Waals surface area contributed by atoms with Crippen molar-refractivity contribution in [2.24, 2.45) is 0 Å². The minimum atomic E-state index is -0.0152. The monoisotopic (exact) mass is 237 g/mol. The van der Waals surface area contributed by atoms with Gasteiger partial charge >= 0.3 is 0 Å². The molecule has 0 saturated heterocycles. The van der Waals surface area contributed by atoms with Gasteiger partial charge in [0.1, 0.15) is 5.75 Å². The van der Waals surface area contributed by atoms with E-state index in [1.165, 1.54) is 0 Å². The molecule has 0 spiro atoms. The van der Waals surface area contributed by atoms with Gasteiger partial charge in [-0.15, -0.1) is 0 Å². The standard InChI is InChI=1S/C12H19N3O2/c1-3-15(8-12(17)14-2)7-9-4-5-11(16)10(13)6-9/h4-6,16H,3,7-8,13H2,1-2H3,(H,14,17). The Morgan fingerprint density at radius 3 is 2.76 bits per heavy atom. The van der Waals surface area contributed by atoms with E-state index in [9.17, 15) is 9.90 Å². The first kappa shape index (κ1) is 13.3. The topological polar surface area (TPSA) is 78.6 Å². The van der Waals surface area contributed by atoms with Gasteiger partial charge in [0.15, 0.2) is 0 Å². The van der Waals surface area contributed by atoms with Crippen LogP contribution in [-0.2, 0) is 11.3 Å². The van der Waals surface area contributed by atoms with E-state index in [4.69, 9.17) is 5.73 Å². The van der Waals surface area contributed by atoms with Crippen molar-refractivity contribution in [3.63, 3.8) is 0 Å². The van der Waals surface area contributed by atoms with Crippen LogP contribution in [0.5, 0.6) is 5.75 Å². The number of anilines is 1. The number of phenols is 1. The van der Waals surface area contributed by atoms with Gasteiger partial charge in [0.05, 0.1) is 12.2 Å². The number of nitrogens with one attached hydrogen (secondary N) is 1. The van der Waals surface area contributed by atoms with Gasteiger partial charge in [0.2, 0.25) is 5.91 Å². The van der Waals surface area contributed by atoms with Gasteiger partial charge in [-0.05, 0) is 24.2 Å². The molecule has 5 nitrogen and oxygen atoms in total. The third-order valence-corrected chi connectivity index (χ3v) is 2.59. The number of amides is 1. The number of phenolic OH excluding ortho intramolecular Hbond substituents is 1. The highest BCUT2D eigenvalue weighted by Crippen LogP contribution is 2.21. The molecule has 1 rings (SSSR count). The molecule has 94 valence electrons. The van der Waals surface area contributed by atoms with Crippen LogP contribution >= 0.6 is 0 Å². The molecule has 0 unspecified atom stereocenters. The lowest BCUT2D eigenvalue weighted by atomic mass is 10.1. The van der Waals surface area contributed by atoms with E-state index in [-0.39, 0.29) is 11.7 Å². The van der Waals surface area contributed by atoms with Crippen LogP contribution in [0.3, 0.4) is 0 Å². The lowest BCUT2D eigenvalue weighted by Crippen LogP contribution is -2.35. The highest BCUT2D eigenvalue weighted by atomic mass is 16.3. The summed E-state index contributed by atoms with van der Waals surface area (Å²) in [4.78, 5) is 13.3. The Hall–Kier alpha value is -1.75. The SMILES string of the molecule is CCN(CC(=O)NC)Cc1ccc(O)c(N)c1. The lowest BCUT2D eigenvalue weighted by Gasteiger charge is -2.19. The molecular formula is C12H19N3O2. The number of likely N-dealkylation sites (N-methyl/N-ethyl adjacent to an activating group) is 2. The third kappa shape index (κ3) is 3.96. The zero-order valence-electron chi connectivity index (χ0n) is 10.2. The Morgan fingerprint density at radius 1 is 1.53 bits per heavy atom. The summed E-state index contributed by atoms with van der Waals surface area (Å²) in [6.07, 6.45) is 0. The molecule has 17 heavy (non-hydrogen) atoms. The van der Waals surface area contributed by atoms with Gasteiger partial charge in [-0.1, -0.05) is 13.0 Å². The zero-order chi connectivity index (χ0) is 12.8. The Morgan fingerprint density at radius 2 is 2.24 bits per heavy atom. The fraction of sp³-hybridized carbons (Fsp3) is 0.417. The predicted molar refractivity (Wildman–Crippen MR) is 67.5 cm³/mol. The first-order valence-corrected chi connectivity index (χ1v) is 5.57. The maximum absolute atomic E-state index is 11.3. The van der Waals surface area contributed by atoms with Crippen molar-refractivity contribution < 1.29 is 9.90 Å². The molecule has 0 aliphatic rings. The molecule has 1 aromatic rings. The van der Waals surface area contributed by atoms with Crippen LogP contribution in [0.1, 0.15) is 12.5 Å². The summed E-state index contributed by atoms with van der Waals surface area (Å²) in [6, 6.07) is 5.10. The molecule has 5 heteroatoms. The molecule has 1 aromatic carbocycles. The predicted octanol–water partition coefficient (Wildman–Crippen LogP) is 0.542. The molecular weight excluding hydrogens is 218 g/mol. The average Bonchev–Trinajstić information content (AvgIpc) is 2.32. The average molecular weight is 237 g/mol. The van der Waals surface area contributed by atoms with E-state index >= 15 is 0 Å². The van der Waals surface area contributed by atoms with Crippen LogP contribution in [0.4, 0.5) is 5.69 Å². The van der Waals surface area contributed by atoms with Crippen molar-refractivity contribution >= 4 is 11.6 Å². The van der Waals surface area contributed by atoms with Gasteiger partial charge in [-0.3, -0.25) is 9.69 Å². The summed E-state index contributed by atoms with van der Waals surface area (Å²) < 4.78 is 0. The summed E-state index contributed by atoms with van der Waals surface area (Å²) in [5.74, 6) is 0.0710. The fourth-order valence-electron chi connectivity index (χ4n) is 1.52. The van der Waals surface area contributed by atoms with Gasteiger partial charge in [-0.25, -0.2) is 0 Å². The van der Waals surface area contributed by atoms with Gasteiger partial charge in [0.25, 0.3) is 0 Å². The van der Waals surface area contributed by atoms with Crippen molar-refractivity contribution in [3.05, 3.63) is 23.8 Å². The van der Waals surface area contributed by atoms with Crippen LogP contribution in [0, 0.1) is 0 Å². The number of nitrogens with zero attached hydrogens (tertiary/aromatic N) is 1. The zero-order valence-corrected chi connectivity index (χ0v) is 10.2. The molecule has 0 fully saturated rings. The number of hydrogen-bond donors (Lipinski definition) is 3. The second-order valence-corrected chi connectivity index (χ2v) is 3.87. The smallest absolute Gasteiger partial charge is 0.233 e. The summed E-state index contributed by atoms with van der Waals surface area (Å²) >= 11 is 0. The van der Waals surface area contributed by atoms with Crippen molar-refractivity contribution in [1.82, 2.24) is 10.2 Å². The van der Waals surface area contributed by atoms with E-state index < -0.39 is 0 Å². The second kappa shape index (κ2) is 6.10. The number of hydrogen-bond acceptors (Lipinski definition) is 4. The van der Waals surface area contributed by atoms with Crippen LogP contribution in [0.2, 0.25) is 0 Å². The van der Waals surface area contributed by atoms with Crippen molar-refractivity contribution in [2.75, 3.05) is 25.9 Å². The van der Waals surface area contributed by atoms with Gasteiger partial charge in [0, 0.05) is 13.6 Å². The first-order valence-electron chi connectivity index (χ1n) is 5.57. The number of carbonyl (C=O) groups excluding carboxylic acids is 1. The maximum Gasteiger partial charge on any atom is 0.233 e. The van der Waals surface area contributed by atoms with E-state index in [0.29, 0.717) is 18.8 Å². The number of rotatable bonds is 5. The molecule has 0 saturated carbocycles. The van der Waals surface area contributed by atoms with Crippen LogP contribution in [0.25, 0.3) is 0 Å². The third-order valence-electron chi connectivity index (χ3n) is 2.59. The summed E-state index contributed by atoms with van der Waals surface area (Å²) in [6.45, 7) is 3.75. The van der Waals surface area contributed by atoms with Crippen molar-refractivity contribution in [3.8, 4) is 5.75 Å². The molecule has 1 amide bonds. The van der Waals surface area contributed by atoms with Crippen LogP contribution in [0.15, 0.2) is 18.2 Å². The Balaban J connectivity index is 2.67. The van der Waals surface area contributed by atoms with Crippen LogP contribution in [-0.4, -0.2) is 36.1 Å². The molecule has 0 aliphatic carbocycles. The number of nitrogens with two attached hydrogens (primary N) is 1. The van der Waals surface area contributed by atoms with Gasteiger partial charge < -0.3 is 16.2 Å².